The Labute approximate surface area is 116 Å². The van der Waals surface area contributed by atoms with Crippen LogP contribution in [0.15, 0.2) is 0 Å². The molecule has 0 bridgehead atoms. The highest BCUT2D eigenvalue weighted by molar-refractivity contribution is 7.84. The minimum Gasteiger partial charge on any atom is -0.354 e. The van der Waals surface area contributed by atoms with Crippen LogP contribution < -0.4 is 15.5 Å². The minimum absolute atomic E-state index is 0.503. The molecule has 1 aromatic rings. The molecule has 8 heteroatoms. The Morgan fingerprint density at radius 1 is 1.11 bits per heavy atom. The van der Waals surface area contributed by atoms with Crippen LogP contribution in [0.5, 0.6) is 0 Å². The van der Waals surface area contributed by atoms with Gasteiger partial charge in [0.05, 0.1) is 0 Å². The predicted molar refractivity (Wildman–Crippen MR) is 80.4 cm³/mol. The predicted octanol–water partition coefficient (Wildman–Crippen LogP) is 0.550. The molecule has 0 saturated carbocycles. The lowest BCUT2D eigenvalue weighted by Gasteiger charge is -2.13. The normalized spacial score (nSPS) is 12.0. The third kappa shape index (κ3) is 5.82. The Kier molecular flexibility index (Phi) is 6.48. The second kappa shape index (κ2) is 7.88. The number of aromatic nitrogens is 3. The molecule has 0 aliphatic rings. The van der Waals surface area contributed by atoms with E-state index in [1.54, 1.807) is 6.26 Å². The molecule has 1 rings (SSSR count). The molecule has 0 aromatic carbocycles. The number of nitrogens with one attached hydrogen (secondary N) is 2. The zero-order chi connectivity index (χ0) is 14.3. The number of nitrogens with zero attached hydrogens (tertiary/aromatic N) is 4. The van der Waals surface area contributed by atoms with Crippen molar-refractivity contribution in [3.05, 3.63) is 0 Å². The Morgan fingerprint density at radius 3 is 2.16 bits per heavy atom. The summed E-state index contributed by atoms with van der Waals surface area (Å²) < 4.78 is 11.0. The molecule has 0 fully saturated rings. The van der Waals surface area contributed by atoms with Crippen molar-refractivity contribution in [3.8, 4) is 0 Å². The Morgan fingerprint density at radius 2 is 1.68 bits per heavy atom. The summed E-state index contributed by atoms with van der Waals surface area (Å²) in [4.78, 5) is 14.7. The van der Waals surface area contributed by atoms with Gasteiger partial charge in [0, 0.05) is 50.0 Å². The summed E-state index contributed by atoms with van der Waals surface area (Å²) in [5, 5.41) is 6.21. The zero-order valence-corrected chi connectivity index (χ0v) is 12.8. The van der Waals surface area contributed by atoms with Gasteiger partial charge in [0.2, 0.25) is 17.8 Å². The molecule has 2 N–H and O–H groups in total. The lowest BCUT2D eigenvalue weighted by atomic mass is 10.5. The van der Waals surface area contributed by atoms with Crippen LogP contribution in [-0.2, 0) is 10.8 Å². The van der Waals surface area contributed by atoms with Crippen molar-refractivity contribution in [1.82, 2.24) is 15.0 Å². The molecular formula is C11H22N6OS. The lowest BCUT2D eigenvalue weighted by molar-refractivity contribution is 0.687. The Balaban J connectivity index is 2.77. The maximum Gasteiger partial charge on any atom is 0.231 e. The van der Waals surface area contributed by atoms with Gasteiger partial charge >= 0.3 is 0 Å². The Hall–Kier alpha value is -1.44. The van der Waals surface area contributed by atoms with Gasteiger partial charge in [-0.3, -0.25) is 4.21 Å². The molecule has 0 amide bonds. The summed E-state index contributed by atoms with van der Waals surface area (Å²) in [6.45, 7) is 3.47. The number of anilines is 3. The van der Waals surface area contributed by atoms with E-state index in [1.807, 2.05) is 19.0 Å². The van der Waals surface area contributed by atoms with Crippen LogP contribution in [0.1, 0.15) is 13.3 Å². The van der Waals surface area contributed by atoms with E-state index in [1.165, 1.54) is 0 Å². The van der Waals surface area contributed by atoms with Crippen molar-refractivity contribution < 1.29 is 4.21 Å². The minimum atomic E-state index is -0.823. The van der Waals surface area contributed by atoms with E-state index in [2.05, 4.69) is 32.5 Å². The second-order valence-corrected chi connectivity index (χ2v) is 5.86. The molecule has 0 aliphatic carbocycles. The molecule has 0 aliphatic heterocycles. The third-order valence-corrected chi connectivity index (χ3v) is 3.01. The van der Waals surface area contributed by atoms with Gasteiger partial charge in [0.1, 0.15) is 0 Å². The molecule has 108 valence electrons. The van der Waals surface area contributed by atoms with E-state index in [-0.39, 0.29) is 0 Å². The molecule has 1 unspecified atom stereocenters. The van der Waals surface area contributed by atoms with Gasteiger partial charge < -0.3 is 15.5 Å². The summed E-state index contributed by atoms with van der Waals surface area (Å²) in [6.07, 6.45) is 2.68. The highest BCUT2D eigenvalue weighted by Gasteiger charge is 2.07. The number of hydrogen-bond acceptors (Lipinski definition) is 7. The summed E-state index contributed by atoms with van der Waals surface area (Å²) in [5.41, 5.74) is 0. The average molecular weight is 286 g/mol. The van der Waals surface area contributed by atoms with Crippen molar-refractivity contribution in [2.45, 2.75) is 13.3 Å². The number of rotatable bonds is 8. The first-order valence-electron chi connectivity index (χ1n) is 6.24. The maximum atomic E-state index is 11.0. The highest BCUT2D eigenvalue weighted by atomic mass is 32.2. The Bertz CT molecular complexity index is 426. The van der Waals surface area contributed by atoms with E-state index in [4.69, 9.17) is 0 Å². The fourth-order valence-electron chi connectivity index (χ4n) is 1.27. The number of hydrogen-bond donors (Lipinski definition) is 2. The monoisotopic (exact) mass is 286 g/mol. The topological polar surface area (TPSA) is 83.0 Å². The largest absolute Gasteiger partial charge is 0.354 e. The van der Waals surface area contributed by atoms with Gasteiger partial charge in [0.25, 0.3) is 0 Å². The van der Waals surface area contributed by atoms with E-state index in [9.17, 15) is 4.21 Å². The van der Waals surface area contributed by atoms with E-state index in [0.29, 0.717) is 30.1 Å². The van der Waals surface area contributed by atoms with Crippen molar-refractivity contribution >= 4 is 28.6 Å². The van der Waals surface area contributed by atoms with Crippen LogP contribution >= 0.6 is 0 Å². The maximum absolute atomic E-state index is 11.0. The van der Waals surface area contributed by atoms with Crippen molar-refractivity contribution in [2.75, 3.05) is 54.7 Å². The molecule has 0 radical (unpaired) electrons. The van der Waals surface area contributed by atoms with Crippen molar-refractivity contribution in [2.24, 2.45) is 0 Å². The van der Waals surface area contributed by atoms with E-state index >= 15 is 0 Å². The smallest absolute Gasteiger partial charge is 0.231 e. The molecule has 7 nitrogen and oxygen atoms in total. The van der Waals surface area contributed by atoms with Crippen molar-refractivity contribution in [1.29, 1.82) is 0 Å². The van der Waals surface area contributed by atoms with E-state index < -0.39 is 10.8 Å². The summed E-state index contributed by atoms with van der Waals surface area (Å²) >= 11 is 0. The summed E-state index contributed by atoms with van der Waals surface area (Å²) in [5.74, 6) is 2.22. The molecule has 0 spiro atoms. The average Bonchev–Trinajstić information content (AvgIpc) is 2.35. The van der Waals surface area contributed by atoms with Gasteiger partial charge in [-0.15, -0.1) is 0 Å². The first-order chi connectivity index (χ1) is 9.02. The van der Waals surface area contributed by atoms with Crippen LogP contribution in [0.25, 0.3) is 0 Å². The molecular weight excluding hydrogens is 264 g/mol. The molecule has 1 atom stereocenters. The highest BCUT2D eigenvalue weighted by Crippen LogP contribution is 2.11. The van der Waals surface area contributed by atoms with Crippen molar-refractivity contribution in [3.63, 3.8) is 0 Å². The van der Waals surface area contributed by atoms with Gasteiger partial charge in [-0.1, -0.05) is 6.92 Å². The quantitative estimate of drug-likeness (QED) is 0.722. The lowest BCUT2D eigenvalue weighted by Crippen LogP contribution is -2.18. The molecule has 19 heavy (non-hydrogen) atoms. The third-order valence-electron chi connectivity index (χ3n) is 2.23. The summed E-state index contributed by atoms with van der Waals surface area (Å²) in [7, 11) is 2.93. The fraction of sp³-hybridized carbons (Fsp3) is 0.727. The van der Waals surface area contributed by atoms with Crippen LogP contribution in [0.3, 0.4) is 0 Å². The van der Waals surface area contributed by atoms with Crippen LogP contribution in [0.2, 0.25) is 0 Å². The summed E-state index contributed by atoms with van der Waals surface area (Å²) in [6, 6.07) is 0. The van der Waals surface area contributed by atoms with Gasteiger partial charge in [-0.25, -0.2) is 0 Å². The standard InChI is InChI=1S/C11H22N6OS/c1-5-6-12-9-14-10(13-7-8-19(4)18)16-11(15-9)17(2)3/h5-8H2,1-4H3,(H2,12,13,14,15,16). The first-order valence-corrected chi connectivity index (χ1v) is 7.96. The first kappa shape index (κ1) is 15.6. The molecule has 1 aromatic heterocycles. The van der Waals surface area contributed by atoms with Gasteiger partial charge in [0.15, 0.2) is 0 Å². The SMILES string of the molecule is CCCNc1nc(NCCS(C)=O)nc(N(C)C)n1. The van der Waals surface area contributed by atoms with Crippen LogP contribution in [0.4, 0.5) is 17.8 Å². The molecule has 0 saturated heterocycles. The zero-order valence-electron chi connectivity index (χ0n) is 11.9. The van der Waals surface area contributed by atoms with Crippen LogP contribution in [0, 0.1) is 0 Å². The fourth-order valence-corrected chi connectivity index (χ4v) is 1.66. The van der Waals surface area contributed by atoms with Gasteiger partial charge in [-0.2, -0.15) is 15.0 Å². The van der Waals surface area contributed by atoms with Gasteiger partial charge in [-0.05, 0) is 6.42 Å². The van der Waals surface area contributed by atoms with E-state index in [0.717, 1.165) is 13.0 Å². The van der Waals surface area contributed by atoms with Crippen LogP contribution in [-0.4, -0.2) is 58.4 Å². The second-order valence-electron chi connectivity index (χ2n) is 4.31. The molecule has 1 heterocycles.